The third-order valence-electron chi connectivity index (χ3n) is 3.80. The highest BCUT2D eigenvalue weighted by Crippen LogP contribution is 2.17. The second kappa shape index (κ2) is 5.83. The molecule has 1 amide bonds. The van der Waals surface area contributed by atoms with Crippen LogP contribution in [0.15, 0.2) is 30.6 Å². The van der Waals surface area contributed by atoms with Crippen molar-refractivity contribution in [2.45, 2.75) is 25.0 Å². The molecule has 6 heteroatoms. The largest absolute Gasteiger partial charge is 0.386 e. The summed E-state index contributed by atoms with van der Waals surface area (Å²) in [6, 6.07) is 7.83. The number of nitrogens with zero attached hydrogens (tertiary/aromatic N) is 2. The van der Waals surface area contributed by atoms with Gasteiger partial charge in [-0.3, -0.25) is 4.79 Å². The summed E-state index contributed by atoms with van der Waals surface area (Å²) in [6.45, 7) is 1.66. The van der Waals surface area contributed by atoms with Crippen molar-refractivity contribution in [3.8, 4) is 0 Å². The van der Waals surface area contributed by atoms with E-state index in [4.69, 9.17) is 4.74 Å². The van der Waals surface area contributed by atoms with E-state index in [2.05, 4.69) is 10.3 Å². The molecule has 0 spiro atoms. The first-order valence-corrected chi connectivity index (χ1v) is 7.13. The normalized spacial score (nSPS) is 21.8. The first kappa shape index (κ1) is 14.0. The fourth-order valence-electron chi connectivity index (χ4n) is 2.50. The van der Waals surface area contributed by atoms with Gasteiger partial charge in [0.1, 0.15) is 5.60 Å². The van der Waals surface area contributed by atoms with Gasteiger partial charge in [-0.25, -0.2) is 4.98 Å². The Bertz CT molecular complexity index is 632. The van der Waals surface area contributed by atoms with Crippen molar-refractivity contribution in [2.24, 2.45) is 0 Å². The number of nitrogens with one attached hydrogen (secondary N) is 1. The van der Waals surface area contributed by atoms with Crippen LogP contribution in [-0.4, -0.2) is 45.9 Å². The number of ether oxygens (including phenoxy) is 1. The minimum atomic E-state index is -0.905. The van der Waals surface area contributed by atoms with Crippen molar-refractivity contribution in [3.05, 3.63) is 30.6 Å². The van der Waals surface area contributed by atoms with Crippen LogP contribution in [0.4, 0.5) is 0 Å². The van der Waals surface area contributed by atoms with E-state index in [-0.39, 0.29) is 12.5 Å². The Morgan fingerprint density at radius 2 is 2.33 bits per heavy atom. The van der Waals surface area contributed by atoms with Crippen LogP contribution in [0.3, 0.4) is 0 Å². The molecule has 0 radical (unpaired) electrons. The zero-order valence-electron chi connectivity index (χ0n) is 11.8. The topological polar surface area (TPSA) is 76.4 Å². The zero-order chi connectivity index (χ0) is 14.7. The highest BCUT2D eigenvalue weighted by Gasteiger charge is 2.32. The Labute approximate surface area is 122 Å². The predicted molar refractivity (Wildman–Crippen MR) is 77.7 cm³/mol. The molecule has 1 aromatic heterocycles. The highest BCUT2D eigenvalue weighted by molar-refractivity contribution is 5.77. The lowest BCUT2D eigenvalue weighted by Crippen LogP contribution is -2.43. The Balaban J connectivity index is 1.51. The summed E-state index contributed by atoms with van der Waals surface area (Å²) < 4.78 is 7.11. The Kier molecular flexibility index (Phi) is 3.90. The number of rotatable bonds is 5. The lowest BCUT2D eigenvalue weighted by molar-refractivity contribution is -0.122. The van der Waals surface area contributed by atoms with Gasteiger partial charge >= 0.3 is 0 Å². The molecule has 1 aliphatic heterocycles. The summed E-state index contributed by atoms with van der Waals surface area (Å²) in [5, 5.41) is 12.9. The van der Waals surface area contributed by atoms with Gasteiger partial charge in [0, 0.05) is 32.5 Å². The third kappa shape index (κ3) is 3.22. The van der Waals surface area contributed by atoms with Crippen molar-refractivity contribution in [1.82, 2.24) is 14.9 Å². The number of carbonyl (C=O) groups is 1. The van der Waals surface area contributed by atoms with E-state index in [0.717, 1.165) is 11.0 Å². The van der Waals surface area contributed by atoms with Crippen molar-refractivity contribution in [3.63, 3.8) is 0 Å². The summed E-state index contributed by atoms with van der Waals surface area (Å²) >= 11 is 0. The molecule has 3 rings (SSSR count). The molecule has 21 heavy (non-hydrogen) atoms. The molecule has 0 saturated carbocycles. The maximum absolute atomic E-state index is 11.9. The molecule has 1 aromatic carbocycles. The molecule has 2 heterocycles. The first-order valence-electron chi connectivity index (χ1n) is 7.13. The summed E-state index contributed by atoms with van der Waals surface area (Å²) in [5.74, 6) is -0.0758. The Morgan fingerprint density at radius 1 is 1.48 bits per heavy atom. The fraction of sp³-hybridized carbons (Fsp3) is 0.467. The van der Waals surface area contributed by atoms with E-state index < -0.39 is 5.60 Å². The second-order valence-electron chi connectivity index (χ2n) is 5.48. The molecule has 2 aromatic rings. The molecule has 1 unspecified atom stereocenters. The number of hydrogen-bond donors (Lipinski definition) is 2. The van der Waals surface area contributed by atoms with Crippen LogP contribution in [0, 0.1) is 0 Å². The lowest BCUT2D eigenvalue weighted by Gasteiger charge is -2.20. The number of para-hydroxylation sites is 2. The van der Waals surface area contributed by atoms with Crippen LogP contribution in [-0.2, 0) is 16.1 Å². The number of benzene rings is 1. The highest BCUT2D eigenvalue weighted by atomic mass is 16.5. The van der Waals surface area contributed by atoms with Crippen molar-refractivity contribution < 1.29 is 14.6 Å². The van der Waals surface area contributed by atoms with Gasteiger partial charge in [0.2, 0.25) is 5.91 Å². The molecule has 1 atom stereocenters. The summed E-state index contributed by atoms with van der Waals surface area (Å²) in [5.41, 5.74) is 1.04. The quantitative estimate of drug-likeness (QED) is 0.849. The molecule has 2 N–H and O–H groups in total. The van der Waals surface area contributed by atoms with Crippen LogP contribution in [0.2, 0.25) is 0 Å². The number of aryl methyl sites for hydroxylation is 1. The van der Waals surface area contributed by atoms with Crippen molar-refractivity contribution in [2.75, 3.05) is 19.8 Å². The van der Waals surface area contributed by atoms with E-state index >= 15 is 0 Å². The number of amides is 1. The van der Waals surface area contributed by atoms with E-state index in [0.29, 0.717) is 32.6 Å². The molecule has 0 aliphatic carbocycles. The van der Waals surface area contributed by atoms with Gasteiger partial charge in [0.05, 0.1) is 24.0 Å². The maximum atomic E-state index is 11.9. The number of imidazole rings is 1. The standard InChI is InChI=1S/C15H19N3O3/c19-14(16-9-15(20)6-8-21-10-15)5-7-18-11-17-12-3-1-2-4-13(12)18/h1-4,11,20H,5-10H2,(H,16,19). The maximum Gasteiger partial charge on any atom is 0.221 e. The third-order valence-corrected chi connectivity index (χ3v) is 3.80. The van der Waals surface area contributed by atoms with Crippen LogP contribution in [0.1, 0.15) is 12.8 Å². The number of hydrogen-bond acceptors (Lipinski definition) is 4. The molecule has 6 nitrogen and oxygen atoms in total. The Hall–Kier alpha value is -1.92. The van der Waals surface area contributed by atoms with E-state index in [1.54, 1.807) is 6.33 Å². The molecular formula is C15H19N3O3. The van der Waals surface area contributed by atoms with Crippen LogP contribution < -0.4 is 5.32 Å². The molecule has 1 fully saturated rings. The average molecular weight is 289 g/mol. The van der Waals surface area contributed by atoms with Gasteiger partial charge in [-0.05, 0) is 12.1 Å². The second-order valence-corrected chi connectivity index (χ2v) is 5.48. The van der Waals surface area contributed by atoms with Gasteiger partial charge in [0.25, 0.3) is 0 Å². The van der Waals surface area contributed by atoms with Crippen LogP contribution in [0.5, 0.6) is 0 Å². The molecule has 0 bridgehead atoms. The average Bonchev–Trinajstić information content (AvgIpc) is 3.10. The Morgan fingerprint density at radius 3 is 3.14 bits per heavy atom. The number of carbonyl (C=O) groups excluding carboxylic acids is 1. The van der Waals surface area contributed by atoms with E-state index in [1.807, 2.05) is 28.8 Å². The zero-order valence-corrected chi connectivity index (χ0v) is 11.8. The number of aliphatic hydroxyl groups is 1. The number of aromatic nitrogens is 2. The van der Waals surface area contributed by atoms with Gasteiger partial charge < -0.3 is 19.7 Å². The van der Waals surface area contributed by atoms with E-state index in [9.17, 15) is 9.90 Å². The van der Waals surface area contributed by atoms with Crippen molar-refractivity contribution >= 4 is 16.9 Å². The summed E-state index contributed by atoms with van der Waals surface area (Å²) in [4.78, 5) is 16.2. The molecule has 1 saturated heterocycles. The lowest BCUT2D eigenvalue weighted by atomic mass is 10.0. The van der Waals surface area contributed by atoms with Gasteiger partial charge in [-0.1, -0.05) is 12.1 Å². The monoisotopic (exact) mass is 289 g/mol. The first-order chi connectivity index (χ1) is 10.2. The summed E-state index contributed by atoms with van der Waals surface area (Å²) in [7, 11) is 0. The van der Waals surface area contributed by atoms with Gasteiger partial charge in [0.15, 0.2) is 0 Å². The molecule has 1 aliphatic rings. The molecular weight excluding hydrogens is 270 g/mol. The van der Waals surface area contributed by atoms with Gasteiger partial charge in [-0.2, -0.15) is 0 Å². The SMILES string of the molecule is O=C(CCn1cnc2ccccc21)NCC1(O)CCOC1. The van der Waals surface area contributed by atoms with Crippen molar-refractivity contribution in [1.29, 1.82) is 0 Å². The minimum Gasteiger partial charge on any atom is -0.386 e. The van der Waals surface area contributed by atoms with Crippen LogP contribution in [0.25, 0.3) is 11.0 Å². The summed E-state index contributed by atoms with van der Waals surface area (Å²) in [6.07, 6.45) is 2.67. The minimum absolute atomic E-state index is 0.0758. The molecule has 112 valence electrons. The van der Waals surface area contributed by atoms with Gasteiger partial charge in [-0.15, -0.1) is 0 Å². The number of fused-ring (bicyclic) bond motifs is 1. The van der Waals surface area contributed by atoms with Crippen LogP contribution >= 0.6 is 0 Å². The smallest absolute Gasteiger partial charge is 0.221 e. The van der Waals surface area contributed by atoms with E-state index in [1.165, 1.54) is 0 Å². The fourth-order valence-corrected chi connectivity index (χ4v) is 2.50. The predicted octanol–water partition coefficient (Wildman–Crippen LogP) is 0.694.